The summed E-state index contributed by atoms with van der Waals surface area (Å²) in [6, 6.07) is 5.58. The summed E-state index contributed by atoms with van der Waals surface area (Å²) in [6.07, 6.45) is 2.00. The topological polar surface area (TPSA) is 77.7 Å². The number of fused-ring (bicyclic) bond motifs is 2. The Labute approximate surface area is 139 Å². The fraction of sp³-hybridized carbons (Fsp3) is 0.412. The maximum absolute atomic E-state index is 12.1. The van der Waals surface area contributed by atoms with Crippen molar-refractivity contribution in [3.8, 4) is 5.75 Å². The monoisotopic (exact) mass is 328 g/mol. The Morgan fingerprint density at radius 3 is 3.00 bits per heavy atom. The number of aromatic amines is 1. The first kappa shape index (κ1) is 15.0. The first-order valence-corrected chi connectivity index (χ1v) is 8.09. The van der Waals surface area contributed by atoms with Gasteiger partial charge in [0.15, 0.2) is 0 Å². The summed E-state index contributed by atoms with van der Waals surface area (Å²) in [5, 5.41) is 3.80. The number of benzene rings is 1. The van der Waals surface area contributed by atoms with E-state index in [1.807, 2.05) is 24.4 Å². The molecule has 7 heteroatoms. The molecule has 1 atom stereocenters. The molecule has 0 saturated carbocycles. The molecular weight excluding hydrogens is 308 g/mol. The molecule has 0 radical (unpaired) electrons. The van der Waals surface area contributed by atoms with E-state index in [0.717, 1.165) is 29.7 Å². The molecule has 7 nitrogen and oxygen atoms in total. The second-order valence-electron chi connectivity index (χ2n) is 6.28. The van der Waals surface area contributed by atoms with Gasteiger partial charge in [-0.05, 0) is 23.8 Å². The summed E-state index contributed by atoms with van der Waals surface area (Å²) < 4.78 is 5.31. The van der Waals surface area contributed by atoms with Crippen LogP contribution in [0.15, 0.2) is 24.4 Å². The second kappa shape index (κ2) is 5.83. The van der Waals surface area contributed by atoms with E-state index >= 15 is 0 Å². The van der Waals surface area contributed by atoms with Gasteiger partial charge >= 0.3 is 0 Å². The molecule has 2 aliphatic heterocycles. The molecule has 24 heavy (non-hydrogen) atoms. The average molecular weight is 328 g/mol. The van der Waals surface area contributed by atoms with Gasteiger partial charge in [-0.3, -0.25) is 14.5 Å². The molecule has 2 fully saturated rings. The predicted molar refractivity (Wildman–Crippen MR) is 88.6 cm³/mol. The van der Waals surface area contributed by atoms with E-state index in [0.29, 0.717) is 13.1 Å². The number of rotatable bonds is 3. The number of amides is 2. The van der Waals surface area contributed by atoms with Crippen molar-refractivity contribution in [3.05, 3.63) is 30.0 Å². The predicted octanol–water partition coefficient (Wildman–Crippen LogP) is 0.319. The minimum Gasteiger partial charge on any atom is -0.497 e. The van der Waals surface area contributed by atoms with Crippen LogP contribution >= 0.6 is 0 Å². The summed E-state index contributed by atoms with van der Waals surface area (Å²) in [6.45, 7) is 2.79. The van der Waals surface area contributed by atoms with Crippen LogP contribution in [0.1, 0.15) is 5.56 Å². The lowest BCUT2D eigenvalue weighted by molar-refractivity contribution is -0.149. The van der Waals surface area contributed by atoms with Crippen LogP contribution in [0.5, 0.6) is 5.75 Å². The lowest BCUT2D eigenvalue weighted by Crippen LogP contribution is -2.65. The highest BCUT2D eigenvalue weighted by atomic mass is 16.5. The van der Waals surface area contributed by atoms with Crippen LogP contribution in [0, 0.1) is 0 Å². The number of carbonyl (C=O) groups excluding carboxylic acids is 2. The Morgan fingerprint density at radius 1 is 1.29 bits per heavy atom. The largest absolute Gasteiger partial charge is 0.497 e. The standard InChI is InChI=1S/C17H20N4O3/c1-24-12-2-3-14-13(6-12)11(7-18-14)9-20-4-5-21-15(10-20)17(23)19-8-16(21)22/h2-3,6-7,15,18H,4-5,8-10H2,1H3,(H,19,23). The number of nitrogens with one attached hydrogen (secondary N) is 2. The Kier molecular flexibility index (Phi) is 3.65. The summed E-state index contributed by atoms with van der Waals surface area (Å²) >= 11 is 0. The molecule has 0 spiro atoms. The molecule has 2 N–H and O–H groups in total. The smallest absolute Gasteiger partial charge is 0.244 e. The van der Waals surface area contributed by atoms with Crippen LogP contribution in [0.3, 0.4) is 0 Å². The van der Waals surface area contributed by atoms with Crippen LogP contribution in [-0.4, -0.2) is 65.9 Å². The van der Waals surface area contributed by atoms with Crippen LogP contribution in [-0.2, 0) is 16.1 Å². The minimum atomic E-state index is -0.375. The summed E-state index contributed by atoms with van der Waals surface area (Å²) in [4.78, 5) is 31.2. The third kappa shape index (κ3) is 2.50. The maximum atomic E-state index is 12.1. The van der Waals surface area contributed by atoms with Crippen molar-refractivity contribution < 1.29 is 14.3 Å². The lowest BCUT2D eigenvalue weighted by atomic mass is 10.1. The molecule has 2 saturated heterocycles. The molecule has 1 unspecified atom stereocenters. The normalized spacial score (nSPS) is 21.7. The average Bonchev–Trinajstić information content (AvgIpc) is 3.00. The fourth-order valence-electron chi connectivity index (χ4n) is 3.54. The van der Waals surface area contributed by atoms with E-state index < -0.39 is 0 Å². The Balaban J connectivity index is 1.54. The van der Waals surface area contributed by atoms with Crippen molar-refractivity contribution in [2.75, 3.05) is 33.3 Å². The number of H-pyrrole nitrogens is 1. The Morgan fingerprint density at radius 2 is 2.17 bits per heavy atom. The zero-order valence-corrected chi connectivity index (χ0v) is 13.5. The van der Waals surface area contributed by atoms with E-state index in [2.05, 4.69) is 15.2 Å². The van der Waals surface area contributed by atoms with E-state index in [1.54, 1.807) is 12.0 Å². The van der Waals surface area contributed by atoms with Gasteiger partial charge in [0.1, 0.15) is 11.8 Å². The van der Waals surface area contributed by atoms with E-state index in [9.17, 15) is 9.59 Å². The van der Waals surface area contributed by atoms with Crippen LogP contribution in [0.4, 0.5) is 0 Å². The summed E-state index contributed by atoms with van der Waals surface area (Å²) in [7, 11) is 1.66. The van der Waals surface area contributed by atoms with Crippen molar-refractivity contribution in [1.82, 2.24) is 20.1 Å². The number of piperazine rings is 2. The van der Waals surface area contributed by atoms with Gasteiger partial charge in [0.25, 0.3) is 0 Å². The van der Waals surface area contributed by atoms with Crippen molar-refractivity contribution >= 4 is 22.7 Å². The van der Waals surface area contributed by atoms with E-state index in [4.69, 9.17) is 4.74 Å². The molecule has 4 rings (SSSR count). The Bertz CT molecular complexity index is 800. The summed E-state index contributed by atoms with van der Waals surface area (Å²) in [5.41, 5.74) is 2.23. The van der Waals surface area contributed by atoms with Gasteiger partial charge in [-0.1, -0.05) is 0 Å². The molecule has 0 bridgehead atoms. The molecule has 3 heterocycles. The van der Waals surface area contributed by atoms with Gasteiger partial charge in [0.05, 0.1) is 13.7 Å². The minimum absolute atomic E-state index is 0.0103. The number of hydrogen-bond acceptors (Lipinski definition) is 4. The summed E-state index contributed by atoms with van der Waals surface area (Å²) in [5.74, 6) is 0.779. The molecule has 1 aromatic heterocycles. The van der Waals surface area contributed by atoms with Crippen molar-refractivity contribution in [2.45, 2.75) is 12.6 Å². The van der Waals surface area contributed by atoms with Gasteiger partial charge in [0.2, 0.25) is 11.8 Å². The molecule has 2 amide bonds. The van der Waals surface area contributed by atoms with Crippen LogP contribution in [0.25, 0.3) is 10.9 Å². The number of carbonyl (C=O) groups is 2. The SMILES string of the molecule is COc1ccc2[nH]cc(CN3CCN4C(=O)CNC(=O)C4C3)c2c1. The Hall–Kier alpha value is -2.54. The number of nitrogens with zero attached hydrogens (tertiary/aromatic N) is 2. The van der Waals surface area contributed by atoms with Crippen molar-refractivity contribution in [1.29, 1.82) is 0 Å². The number of hydrogen-bond donors (Lipinski definition) is 2. The van der Waals surface area contributed by atoms with Gasteiger partial charge in [-0.25, -0.2) is 0 Å². The quantitative estimate of drug-likeness (QED) is 0.851. The van der Waals surface area contributed by atoms with Gasteiger partial charge in [-0.15, -0.1) is 0 Å². The molecule has 2 aliphatic rings. The maximum Gasteiger partial charge on any atom is 0.244 e. The highest BCUT2D eigenvalue weighted by molar-refractivity contribution is 5.95. The first-order chi connectivity index (χ1) is 11.7. The van der Waals surface area contributed by atoms with Gasteiger partial charge in [0, 0.05) is 43.3 Å². The third-order valence-electron chi connectivity index (χ3n) is 4.87. The molecule has 2 aromatic rings. The number of methoxy groups -OCH3 is 1. The van der Waals surface area contributed by atoms with Crippen LogP contribution < -0.4 is 10.1 Å². The first-order valence-electron chi connectivity index (χ1n) is 8.09. The van der Waals surface area contributed by atoms with Gasteiger partial charge < -0.3 is 19.9 Å². The van der Waals surface area contributed by atoms with Crippen molar-refractivity contribution in [2.24, 2.45) is 0 Å². The highest BCUT2D eigenvalue weighted by Gasteiger charge is 2.38. The lowest BCUT2D eigenvalue weighted by Gasteiger charge is -2.42. The third-order valence-corrected chi connectivity index (χ3v) is 4.87. The molecule has 1 aromatic carbocycles. The van der Waals surface area contributed by atoms with Crippen LogP contribution in [0.2, 0.25) is 0 Å². The van der Waals surface area contributed by atoms with E-state index in [-0.39, 0.29) is 24.4 Å². The zero-order valence-electron chi connectivity index (χ0n) is 13.5. The highest BCUT2D eigenvalue weighted by Crippen LogP contribution is 2.25. The van der Waals surface area contributed by atoms with Gasteiger partial charge in [-0.2, -0.15) is 0 Å². The van der Waals surface area contributed by atoms with E-state index in [1.165, 1.54) is 5.56 Å². The molecule has 0 aliphatic carbocycles. The van der Waals surface area contributed by atoms with Crippen molar-refractivity contribution in [3.63, 3.8) is 0 Å². The second-order valence-corrected chi connectivity index (χ2v) is 6.28. The number of aromatic nitrogens is 1. The molecular formula is C17H20N4O3. The fourth-order valence-corrected chi connectivity index (χ4v) is 3.54. The molecule has 126 valence electrons. The number of ether oxygens (including phenoxy) is 1. The zero-order chi connectivity index (χ0) is 16.7.